The van der Waals surface area contributed by atoms with E-state index in [-0.39, 0.29) is 18.6 Å². The fraction of sp³-hybridized carbons (Fsp3) is 0.488. The highest BCUT2D eigenvalue weighted by Gasteiger charge is 2.40. The first-order valence-electron chi connectivity index (χ1n) is 19.1. The third kappa shape index (κ3) is 9.28. The Hall–Kier alpha value is -4.26. The number of carbonyl (C=O) groups is 1. The van der Waals surface area contributed by atoms with Crippen molar-refractivity contribution >= 4 is 12.0 Å². The number of allylic oxidation sites excluding steroid dienone is 1. The van der Waals surface area contributed by atoms with Gasteiger partial charge in [0.15, 0.2) is 11.5 Å². The Kier molecular flexibility index (Phi) is 12.9. The molecule has 0 radical (unpaired) electrons. The summed E-state index contributed by atoms with van der Waals surface area (Å²) in [4.78, 5) is 19.4. The number of hydrogen-bond acceptors (Lipinski definition) is 9. The summed E-state index contributed by atoms with van der Waals surface area (Å²) in [6.07, 6.45) is 9.81. The van der Waals surface area contributed by atoms with Crippen LogP contribution in [0.3, 0.4) is 0 Å². The molecule has 4 aliphatic heterocycles. The Balaban J connectivity index is 1.26. The molecular weight excluding hydrogens is 668 g/mol. The number of nitrogens with two attached hydrogens (primary N) is 2. The van der Waals surface area contributed by atoms with Gasteiger partial charge in [0.05, 0.1) is 18.4 Å². The van der Waals surface area contributed by atoms with Crippen LogP contribution in [0.1, 0.15) is 106 Å². The van der Waals surface area contributed by atoms with Crippen LogP contribution in [0.15, 0.2) is 64.4 Å². The van der Waals surface area contributed by atoms with E-state index in [2.05, 4.69) is 37.0 Å². The van der Waals surface area contributed by atoms with Gasteiger partial charge in [0, 0.05) is 30.5 Å². The number of benzene rings is 2. The molecule has 10 heteroatoms. The summed E-state index contributed by atoms with van der Waals surface area (Å²) in [6.45, 7) is 4.74. The Labute approximate surface area is 313 Å². The average molecular weight is 722 g/mol. The Bertz CT molecular complexity index is 1880. The molecule has 0 saturated carbocycles. The summed E-state index contributed by atoms with van der Waals surface area (Å²) in [6, 6.07) is 11.3. The summed E-state index contributed by atoms with van der Waals surface area (Å²) in [7, 11) is 0. The fourth-order valence-corrected chi connectivity index (χ4v) is 7.73. The van der Waals surface area contributed by atoms with Crippen molar-refractivity contribution in [3.63, 3.8) is 0 Å². The monoisotopic (exact) mass is 721 g/mol. The summed E-state index contributed by atoms with van der Waals surface area (Å²) >= 11 is 0. The predicted molar refractivity (Wildman–Crippen MR) is 203 cm³/mol. The number of quaternary nitrogens is 1. The molecule has 8 N–H and O–H groups in total. The lowest BCUT2D eigenvalue weighted by molar-refractivity contribution is -0.889. The zero-order valence-electron chi connectivity index (χ0n) is 30.8. The van der Waals surface area contributed by atoms with Crippen molar-refractivity contribution in [2.75, 3.05) is 6.54 Å². The van der Waals surface area contributed by atoms with E-state index < -0.39 is 42.5 Å². The van der Waals surface area contributed by atoms with Gasteiger partial charge in [-0.15, -0.1) is 0 Å². The molecule has 2 bridgehead atoms. The number of ketones is 1. The number of aliphatic imine (C=N–C) groups is 1. The maximum Gasteiger partial charge on any atom is 0.251 e. The van der Waals surface area contributed by atoms with Crippen molar-refractivity contribution in [2.45, 2.75) is 115 Å². The van der Waals surface area contributed by atoms with Crippen LogP contribution in [-0.2, 0) is 17.6 Å². The molecule has 0 saturated heterocycles. The second kappa shape index (κ2) is 17.7. The van der Waals surface area contributed by atoms with Crippen molar-refractivity contribution < 1.29 is 34.5 Å². The largest absolute Gasteiger partial charge is 0.437 e. The van der Waals surface area contributed by atoms with E-state index in [0.717, 1.165) is 64.1 Å². The standard InChI is InChI=1S/C43H52N4O6/c1-3-5-6-10-34(39(51)23-32(48)8-4-2)38(50)16-11-27-12-18-40-41(20-27)53-43-28(9-7-19-52-40)14-17-37(49)33-15-13-29(42(44)45)21-30(33)22-31-24-46-36-26-47(43)25-35(31)36/h12-13,15,18,20-21,24,26,28,32,34,37,39,42-43,48-49,51H,3-6,8-11,16,22-23,25,44-45H2,1-2H3/p+1. The summed E-state index contributed by atoms with van der Waals surface area (Å²) in [5, 5.41) is 32.8. The third-order valence-corrected chi connectivity index (χ3v) is 10.7. The van der Waals surface area contributed by atoms with Crippen molar-refractivity contribution in [2.24, 2.45) is 28.3 Å². The molecule has 0 aliphatic carbocycles. The number of aryl methyl sites for hydroxylation is 1. The minimum atomic E-state index is -1.06. The quantitative estimate of drug-likeness (QED) is 0.0978. The van der Waals surface area contributed by atoms with Gasteiger partial charge in [-0.2, -0.15) is 0 Å². The zero-order chi connectivity index (χ0) is 37.5. The molecule has 4 aliphatic rings. The van der Waals surface area contributed by atoms with Gasteiger partial charge in [0.2, 0.25) is 0 Å². The highest BCUT2D eigenvalue weighted by atomic mass is 16.5. The van der Waals surface area contributed by atoms with Crippen molar-refractivity contribution in [3.05, 3.63) is 81.7 Å². The summed E-state index contributed by atoms with van der Waals surface area (Å²) < 4.78 is 12.7. The highest BCUT2D eigenvalue weighted by Crippen LogP contribution is 2.34. The minimum Gasteiger partial charge on any atom is -0.437 e. The minimum absolute atomic E-state index is 0.00470. The molecule has 0 aromatic heterocycles. The number of nitrogens with one attached hydrogen (secondary N) is 1. The molecule has 53 heavy (non-hydrogen) atoms. The molecule has 0 amide bonds. The number of unbranched alkanes of at least 4 members (excludes halogenated alkanes) is 2. The van der Waals surface area contributed by atoms with E-state index >= 15 is 0 Å². The van der Waals surface area contributed by atoms with Crippen LogP contribution in [0, 0.1) is 35.7 Å². The Morgan fingerprint density at radius 3 is 2.70 bits per heavy atom. The molecule has 280 valence electrons. The van der Waals surface area contributed by atoms with Crippen LogP contribution in [0.25, 0.3) is 0 Å². The van der Waals surface area contributed by atoms with Crippen LogP contribution in [0.5, 0.6) is 11.5 Å². The molecule has 0 spiro atoms. The molecule has 2 aromatic rings. The van der Waals surface area contributed by atoms with Crippen molar-refractivity contribution in [1.82, 2.24) is 0 Å². The van der Waals surface area contributed by atoms with E-state index in [1.807, 2.05) is 49.5 Å². The molecule has 10 nitrogen and oxygen atoms in total. The molecule has 7 atom stereocenters. The smallest absolute Gasteiger partial charge is 0.251 e. The molecule has 0 fully saturated rings. The number of fused-ring (bicyclic) bond motifs is 5. The van der Waals surface area contributed by atoms with E-state index in [1.54, 1.807) is 0 Å². The molecular formula is C43H53N4O6+. The van der Waals surface area contributed by atoms with Crippen LogP contribution < -0.4 is 25.8 Å². The first-order valence-corrected chi connectivity index (χ1v) is 19.1. The zero-order valence-corrected chi connectivity index (χ0v) is 30.8. The van der Waals surface area contributed by atoms with Gasteiger partial charge in [-0.1, -0.05) is 81.6 Å². The Morgan fingerprint density at radius 2 is 1.91 bits per heavy atom. The Morgan fingerprint density at radius 1 is 1.06 bits per heavy atom. The number of ether oxygens (including phenoxy) is 2. The fourth-order valence-electron chi connectivity index (χ4n) is 7.73. The normalized spacial score (nSPS) is 23.0. The van der Waals surface area contributed by atoms with Crippen LogP contribution in [-0.4, -0.2) is 52.3 Å². The third-order valence-electron chi connectivity index (χ3n) is 10.7. The lowest BCUT2D eigenvalue weighted by Crippen LogP contribution is -3.12. The number of carbonyl (C=O) groups excluding carboxylic acids is 1. The topological polar surface area (TPSA) is 165 Å². The van der Waals surface area contributed by atoms with Gasteiger partial charge < -0.3 is 36.3 Å². The lowest BCUT2D eigenvalue weighted by atomic mass is 9.85. The molecule has 7 unspecified atom stereocenters. The van der Waals surface area contributed by atoms with Crippen LogP contribution in [0.4, 0.5) is 0 Å². The second-order valence-corrected chi connectivity index (χ2v) is 14.7. The SMILES string of the molecule is CCCCCC(C(=O)CCc1ccc2c(c1)OC1C(C#CC(O)c3ccc(C(N)N)cc3CC3=C4C[NH+]1C=C4N=C3)CC#CO2)C(O)CC(O)CCC. The first kappa shape index (κ1) is 38.5. The van der Waals surface area contributed by atoms with E-state index in [0.29, 0.717) is 55.7 Å². The number of rotatable bonds is 14. The number of aliphatic hydroxyl groups is 3. The molecule has 2 aromatic carbocycles. The second-order valence-electron chi connectivity index (χ2n) is 14.7. The van der Waals surface area contributed by atoms with Crippen molar-refractivity contribution in [1.29, 1.82) is 0 Å². The first-order chi connectivity index (χ1) is 25.6. The number of aliphatic hydroxyl groups excluding tert-OH is 3. The van der Waals surface area contributed by atoms with E-state index in [4.69, 9.17) is 25.9 Å². The number of hydrogen-bond donors (Lipinski definition) is 6. The maximum absolute atomic E-state index is 13.6. The molecule has 6 rings (SSSR count). The average Bonchev–Trinajstić information content (AvgIpc) is 3.74. The van der Waals surface area contributed by atoms with Gasteiger partial charge in [-0.3, -0.25) is 14.7 Å². The van der Waals surface area contributed by atoms with Gasteiger partial charge in [0.25, 0.3) is 6.23 Å². The van der Waals surface area contributed by atoms with Crippen LogP contribution >= 0.6 is 0 Å². The van der Waals surface area contributed by atoms with Crippen LogP contribution in [0.2, 0.25) is 0 Å². The van der Waals surface area contributed by atoms with Crippen molar-refractivity contribution in [3.8, 4) is 35.4 Å². The lowest BCUT2D eigenvalue weighted by Gasteiger charge is -2.28. The van der Waals surface area contributed by atoms with Gasteiger partial charge in [-0.05, 0) is 72.1 Å². The number of nitrogens with zero attached hydrogens (tertiary/aromatic N) is 1. The molecule has 4 heterocycles. The van der Waals surface area contributed by atoms with Gasteiger partial charge in [0.1, 0.15) is 42.4 Å². The van der Waals surface area contributed by atoms with Gasteiger partial charge >= 0.3 is 0 Å². The maximum atomic E-state index is 13.6. The van der Waals surface area contributed by atoms with E-state index in [1.165, 1.54) is 0 Å². The van der Waals surface area contributed by atoms with E-state index in [9.17, 15) is 20.1 Å². The van der Waals surface area contributed by atoms with Gasteiger partial charge in [-0.25, -0.2) is 0 Å². The summed E-state index contributed by atoms with van der Waals surface area (Å²) in [5.74, 6) is 9.59. The predicted octanol–water partition coefficient (Wildman–Crippen LogP) is 3.69. The number of Topliss-reactive ketones (excluding diaryl/α,β-unsaturated/α-hetero) is 1. The highest BCUT2D eigenvalue weighted by molar-refractivity contribution is 5.87. The summed E-state index contributed by atoms with van der Waals surface area (Å²) in [5.41, 5.74) is 18.4.